The number of hydrogen-bond donors (Lipinski definition) is 0. The van der Waals surface area contributed by atoms with Crippen LogP contribution in [-0.2, 0) is 27.0 Å². The van der Waals surface area contributed by atoms with E-state index in [1.54, 1.807) is 11.1 Å². The van der Waals surface area contributed by atoms with Gasteiger partial charge in [-0.05, 0) is 78.1 Å². The average Bonchev–Trinajstić information content (AvgIpc) is 2.40. The number of rotatable bonds is 2. The fourth-order valence-corrected chi connectivity index (χ4v) is 2.83. The van der Waals surface area contributed by atoms with E-state index in [2.05, 4.69) is 53.0 Å². The summed E-state index contributed by atoms with van der Waals surface area (Å²) in [6.07, 6.45) is 12.3. The van der Waals surface area contributed by atoms with Crippen LogP contribution in [0.3, 0.4) is 0 Å². The van der Waals surface area contributed by atoms with Crippen LogP contribution in [0.4, 0.5) is 0 Å². The number of allylic oxidation sites excluding steroid dienone is 6. The van der Waals surface area contributed by atoms with Crippen LogP contribution >= 0.6 is 0 Å². The first kappa shape index (κ1) is 23.9. The molecule has 0 saturated heterocycles. The molecule has 2 atom stereocenters. The minimum atomic E-state index is 0. The lowest BCUT2D eigenvalue weighted by atomic mass is 9.86. The monoisotopic (exact) mass is 338 g/mol. The van der Waals surface area contributed by atoms with Crippen molar-refractivity contribution >= 4 is 27.0 Å². The first-order valence-electron chi connectivity index (χ1n) is 8.02. The van der Waals surface area contributed by atoms with E-state index in [0.717, 1.165) is 11.8 Å². The van der Waals surface area contributed by atoms with Gasteiger partial charge in [-0.25, -0.2) is 0 Å². The van der Waals surface area contributed by atoms with Gasteiger partial charge in [0.15, 0.2) is 0 Å². The summed E-state index contributed by atoms with van der Waals surface area (Å²) in [4.78, 5) is 0. The lowest BCUT2D eigenvalue weighted by molar-refractivity contribution is 0.540. The predicted molar refractivity (Wildman–Crippen MR) is 109 cm³/mol. The highest BCUT2D eigenvalue weighted by Gasteiger charge is 2.12. The Bertz CT molecular complexity index is 375. The van der Waals surface area contributed by atoms with Crippen molar-refractivity contribution < 1.29 is 0 Å². The molecule has 0 spiro atoms. The summed E-state index contributed by atoms with van der Waals surface area (Å²) in [6, 6.07) is 0. The normalized spacial score (nSPS) is 23.5. The van der Waals surface area contributed by atoms with E-state index in [1.165, 1.54) is 49.7 Å². The molecule has 0 bridgehead atoms. The van der Waals surface area contributed by atoms with Gasteiger partial charge in [0, 0.05) is 0 Å². The summed E-state index contributed by atoms with van der Waals surface area (Å²) in [5.74, 6) is 1.53. The van der Waals surface area contributed by atoms with Gasteiger partial charge < -0.3 is 27.0 Å². The molecule has 0 radical (unpaired) electrons. The Morgan fingerprint density at radius 3 is 1.32 bits per heavy atom. The fourth-order valence-electron chi connectivity index (χ4n) is 2.83. The zero-order valence-electron chi connectivity index (χ0n) is 14.9. The second-order valence-electron chi connectivity index (χ2n) is 6.74. The van der Waals surface area contributed by atoms with Crippen LogP contribution < -0.4 is 0 Å². The second kappa shape index (κ2) is 12.1. The van der Waals surface area contributed by atoms with Gasteiger partial charge in [-0.2, -0.15) is 0 Å². The van der Waals surface area contributed by atoms with E-state index >= 15 is 0 Å². The first-order chi connectivity index (χ1) is 9.40. The minimum absolute atomic E-state index is 0. The highest BCUT2D eigenvalue weighted by atomic mass is 32.1. The molecule has 2 aliphatic carbocycles. The Hall–Kier alpha value is -0.340. The molecule has 0 N–H and O–H groups in total. The van der Waals surface area contributed by atoms with E-state index in [4.69, 9.17) is 0 Å². The molecule has 2 aliphatic rings. The third-order valence-electron chi connectivity index (χ3n) is 4.67. The summed E-state index contributed by atoms with van der Waals surface area (Å²) < 4.78 is 0. The highest BCUT2D eigenvalue weighted by molar-refractivity contribution is 7.37. The van der Waals surface area contributed by atoms with Crippen molar-refractivity contribution in [2.45, 2.75) is 66.2 Å². The quantitative estimate of drug-likeness (QED) is 0.340. The summed E-state index contributed by atoms with van der Waals surface area (Å²) in [5, 5.41) is 0. The third kappa shape index (κ3) is 8.95. The molecule has 128 valence electrons. The van der Waals surface area contributed by atoms with Crippen LogP contribution in [0.5, 0.6) is 0 Å². The van der Waals surface area contributed by atoms with Gasteiger partial charge in [0.1, 0.15) is 0 Å². The Morgan fingerprint density at radius 2 is 1.14 bits per heavy atom. The summed E-state index contributed by atoms with van der Waals surface area (Å²) in [6.45, 7) is 16.7. The molecule has 2 unspecified atom stereocenters. The van der Waals surface area contributed by atoms with Crippen LogP contribution in [0.15, 0.2) is 47.6 Å². The Labute approximate surface area is 152 Å². The smallest absolute Gasteiger partial charge is 0.0171 e. The van der Waals surface area contributed by atoms with Crippen molar-refractivity contribution in [1.29, 1.82) is 0 Å². The zero-order valence-corrected chi connectivity index (χ0v) is 16.6. The van der Waals surface area contributed by atoms with E-state index < -0.39 is 0 Å². The topological polar surface area (TPSA) is 0 Å². The van der Waals surface area contributed by atoms with E-state index in [-0.39, 0.29) is 27.0 Å². The molecule has 2 rings (SSSR count). The molecule has 2 heteroatoms. The van der Waals surface area contributed by atoms with Crippen molar-refractivity contribution in [1.82, 2.24) is 0 Å². The molecule has 0 saturated carbocycles. The standard InChI is InChI=1S/2C10H16.2H2S/c2*1-8(2)10-6-4-9(3)5-7-10;;/h2*4,10H,1,5-7H2,2-3H3;2*1H2/p-2. The SMILES string of the molecule is C=C(C)C1CC=C(C)CC1.C=C(C)C1CC=C(C)CC1.[SH-].[SH-]. The first-order valence-corrected chi connectivity index (χ1v) is 8.02. The van der Waals surface area contributed by atoms with Crippen molar-refractivity contribution in [3.8, 4) is 0 Å². The zero-order chi connectivity index (χ0) is 15.1. The van der Waals surface area contributed by atoms with E-state index in [0.29, 0.717) is 0 Å². The summed E-state index contributed by atoms with van der Waals surface area (Å²) >= 11 is 0. The van der Waals surface area contributed by atoms with Crippen molar-refractivity contribution in [3.05, 3.63) is 47.6 Å². The second-order valence-corrected chi connectivity index (χ2v) is 6.74. The highest BCUT2D eigenvalue weighted by Crippen LogP contribution is 2.28. The van der Waals surface area contributed by atoms with E-state index in [1.807, 2.05) is 0 Å². The predicted octanol–water partition coefficient (Wildman–Crippen LogP) is 6.08. The molecule has 22 heavy (non-hydrogen) atoms. The summed E-state index contributed by atoms with van der Waals surface area (Å²) in [7, 11) is 0. The van der Waals surface area contributed by atoms with Crippen LogP contribution in [0.2, 0.25) is 0 Å². The van der Waals surface area contributed by atoms with Crippen LogP contribution in [0.25, 0.3) is 0 Å². The molecule has 0 aromatic carbocycles. The van der Waals surface area contributed by atoms with Crippen LogP contribution in [-0.4, -0.2) is 0 Å². The number of hydrogen-bond acceptors (Lipinski definition) is 2. The molecular formula is C20H34S2-2. The van der Waals surface area contributed by atoms with Gasteiger partial charge in [0.2, 0.25) is 0 Å². The Morgan fingerprint density at radius 1 is 0.818 bits per heavy atom. The van der Waals surface area contributed by atoms with Gasteiger partial charge in [0.05, 0.1) is 0 Å². The lowest BCUT2D eigenvalue weighted by Crippen LogP contribution is -2.04. The molecule has 0 aliphatic heterocycles. The molecular weight excluding hydrogens is 304 g/mol. The van der Waals surface area contributed by atoms with Crippen molar-refractivity contribution in [2.24, 2.45) is 11.8 Å². The largest absolute Gasteiger partial charge is 0.813 e. The molecule has 0 heterocycles. The average molecular weight is 339 g/mol. The molecule has 0 amide bonds. The van der Waals surface area contributed by atoms with Crippen molar-refractivity contribution in [3.63, 3.8) is 0 Å². The van der Waals surface area contributed by atoms with Gasteiger partial charge >= 0.3 is 0 Å². The molecule has 0 aromatic rings. The number of thiol groups is 2. The van der Waals surface area contributed by atoms with Gasteiger partial charge in [0.25, 0.3) is 0 Å². The van der Waals surface area contributed by atoms with Gasteiger partial charge in [-0.1, -0.05) is 47.6 Å². The fraction of sp³-hybridized carbons (Fsp3) is 0.600. The minimum Gasteiger partial charge on any atom is -0.813 e. The molecule has 0 fully saturated rings. The van der Waals surface area contributed by atoms with Crippen LogP contribution in [0.1, 0.15) is 66.2 Å². The van der Waals surface area contributed by atoms with Crippen LogP contribution in [0, 0.1) is 11.8 Å². The third-order valence-corrected chi connectivity index (χ3v) is 4.67. The molecule has 0 nitrogen and oxygen atoms in total. The maximum atomic E-state index is 3.97. The van der Waals surface area contributed by atoms with Crippen molar-refractivity contribution in [2.75, 3.05) is 0 Å². The molecule has 0 aromatic heterocycles. The summed E-state index contributed by atoms with van der Waals surface area (Å²) in [5.41, 5.74) is 5.81. The lowest BCUT2D eigenvalue weighted by Gasteiger charge is -2.19. The van der Waals surface area contributed by atoms with Gasteiger partial charge in [-0.3, -0.25) is 0 Å². The van der Waals surface area contributed by atoms with Gasteiger partial charge in [-0.15, -0.1) is 0 Å². The maximum absolute atomic E-state index is 3.97. The van der Waals surface area contributed by atoms with E-state index in [9.17, 15) is 0 Å². The Kier molecular flexibility index (Phi) is 13.2. The Balaban J connectivity index is 0. The maximum Gasteiger partial charge on any atom is -0.0171 e.